The number of aromatic nitrogens is 1. The van der Waals surface area contributed by atoms with Crippen LogP contribution in [0.3, 0.4) is 0 Å². The van der Waals surface area contributed by atoms with Crippen molar-refractivity contribution in [2.75, 3.05) is 0 Å². The second kappa shape index (κ2) is 7.11. The molecule has 6 heteroatoms. The highest BCUT2D eigenvalue weighted by Gasteiger charge is 2.04. The number of nitrogens with zero attached hydrogens (tertiary/aromatic N) is 2. The summed E-state index contributed by atoms with van der Waals surface area (Å²) in [4.78, 5) is 5.54. The maximum absolute atomic E-state index is 5.92. The third-order valence-electron chi connectivity index (χ3n) is 3.01. The van der Waals surface area contributed by atoms with E-state index in [4.69, 9.17) is 16.0 Å². The van der Waals surface area contributed by atoms with Gasteiger partial charge in [0.2, 0.25) is 0 Å². The molecule has 21 heavy (non-hydrogen) atoms. The van der Waals surface area contributed by atoms with Gasteiger partial charge >= 0.3 is 0 Å². The summed E-state index contributed by atoms with van der Waals surface area (Å²) in [6.07, 6.45) is 1.67. The van der Waals surface area contributed by atoms with Gasteiger partial charge in [-0.3, -0.25) is 4.99 Å². The molecule has 0 N–H and O–H groups in total. The van der Waals surface area contributed by atoms with Gasteiger partial charge < -0.3 is 8.98 Å². The molecule has 0 bridgehead atoms. The minimum atomic E-state index is 0. The fourth-order valence-electron chi connectivity index (χ4n) is 1.94. The van der Waals surface area contributed by atoms with Crippen LogP contribution in [0.4, 0.5) is 0 Å². The van der Waals surface area contributed by atoms with Crippen molar-refractivity contribution in [3.8, 4) is 11.3 Å². The lowest BCUT2D eigenvalue weighted by atomic mass is 10.2. The third kappa shape index (κ3) is 3.67. The van der Waals surface area contributed by atoms with E-state index in [0.29, 0.717) is 6.54 Å². The van der Waals surface area contributed by atoms with Gasteiger partial charge in [-0.05, 0) is 29.8 Å². The van der Waals surface area contributed by atoms with Crippen LogP contribution < -0.4 is 4.80 Å². The van der Waals surface area contributed by atoms with Crippen molar-refractivity contribution in [3.05, 3.63) is 63.6 Å². The summed E-state index contributed by atoms with van der Waals surface area (Å²) in [7, 11) is 2.02. The standard InChI is InChI=1S/C15H13ClN2OS.BrH/c1-18-14(11-4-6-12(16)7-5-11)10-20-15(18)17-9-13-3-2-8-19-13;/h2-8,10H,9H2,1H3;1H. The smallest absolute Gasteiger partial charge is 0.185 e. The van der Waals surface area contributed by atoms with Gasteiger partial charge in [-0.1, -0.05) is 23.7 Å². The number of benzene rings is 1. The maximum Gasteiger partial charge on any atom is 0.185 e. The lowest BCUT2D eigenvalue weighted by Crippen LogP contribution is -2.11. The van der Waals surface area contributed by atoms with Gasteiger partial charge in [0.25, 0.3) is 0 Å². The van der Waals surface area contributed by atoms with Gasteiger partial charge in [0.05, 0.1) is 12.0 Å². The number of furan rings is 1. The van der Waals surface area contributed by atoms with Crippen molar-refractivity contribution >= 4 is 39.9 Å². The fraction of sp³-hybridized carbons (Fsp3) is 0.133. The van der Waals surface area contributed by atoms with E-state index in [2.05, 4.69) is 14.9 Å². The van der Waals surface area contributed by atoms with Crippen molar-refractivity contribution in [2.45, 2.75) is 6.54 Å². The first kappa shape index (κ1) is 16.1. The largest absolute Gasteiger partial charge is 0.467 e. The number of rotatable bonds is 3. The van der Waals surface area contributed by atoms with E-state index in [0.717, 1.165) is 26.8 Å². The number of thiazole rings is 1. The number of hydrogen-bond donors (Lipinski definition) is 0. The van der Waals surface area contributed by atoms with E-state index in [1.54, 1.807) is 17.6 Å². The molecule has 1 aromatic carbocycles. The Morgan fingerprint density at radius 1 is 1.24 bits per heavy atom. The van der Waals surface area contributed by atoms with Gasteiger partial charge in [-0.2, -0.15) is 0 Å². The van der Waals surface area contributed by atoms with Gasteiger partial charge in [-0.15, -0.1) is 28.3 Å². The summed E-state index contributed by atoms with van der Waals surface area (Å²) in [5.41, 5.74) is 2.26. The average molecular weight is 386 g/mol. The first-order valence-electron chi connectivity index (χ1n) is 6.17. The van der Waals surface area contributed by atoms with E-state index < -0.39 is 0 Å². The summed E-state index contributed by atoms with van der Waals surface area (Å²) in [6.45, 7) is 0.557. The fourth-order valence-corrected chi connectivity index (χ4v) is 2.98. The molecule has 0 unspecified atom stereocenters. The minimum Gasteiger partial charge on any atom is -0.467 e. The minimum absolute atomic E-state index is 0. The SMILES string of the molecule is Br.Cn1c(-c2ccc(Cl)cc2)csc1=NCc1ccco1. The third-order valence-corrected chi connectivity index (χ3v) is 4.22. The molecule has 0 aliphatic rings. The van der Waals surface area contributed by atoms with Crippen molar-refractivity contribution < 1.29 is 4.42 Å². The molecular formula is C15H14BrClN2OS. The molecule has 0 atom stereocenters. The van der Waals surface area contributed by atoms with Gasteiger partial charge in [0.1, 0.15) is 12.3 Å². The Bertz CT molecular complexity index is 760. The van der Waals surface area contributed by atoms with Gasteiger partial charge in [0.15, 0.2) is 4.80 Å². The normalized spacial score (nSPS) is 11.4. The number of hydrogen-bond acceptors (Lipinski definition) is 3. The predicted molar refractivity (Wildman–Crippen MR) is 92.0 cm³/mol. The highest BCUT2D eigenvalue weighted by molar-refractivity contribution is 8.93. The Balaban J connectivity index is 0.00000161. The quantitative estimate of drug-likeness (QED) is 0.644. The molecule has 0 aliphatic heterocycles. The molecule has 3 rings (SSSR count). The van der Waals surface area contributed by atoms with Gasteiger partial charge in [0, 0.05) is 17.5 Å². The number of halogens is 2. The molecule has 110 valence electrons. The zero-order valence-corrected chi connectivity index (χ0v) is 14.6. The zero-order valence-electron chi connectivity index (χ0n) is 11.3. The van der Waals surface area contributed by atoms with Crippen LogP contribution in [0, 0.1) is 0 Å². The molecule has 0 saturated carbocycles. The van der Waals surface area contributed by atoms with E-state index >= 15 is 0 Å². The Labute approximate surface area is 142 Å². The predicted octanol–water partition coefficient (Wildman–Crippen LogP) is 4.68. The maximum atomic E-state index is 5.92. The van der Waals surface area contributed by atoms with Crippen molar-refractivity contribution in [1.82, 2.24) is 4.57 Å². The molecule has 0 spiro atoms. The second-order valence-corrected chi connectivity index (χ2v) is 5.64. The molecule has 3 aromatic rings. The topological polar surface area (TPSA) is 30.4 Å². The molecule has 3 nitrogen and oxygen atoms in total. The van der Waals surface area contributed by atoms with E-state index in [9.17, 15) is 0 Å². The second-order valence-electron chi connectivity index (χ2n) is 4.37. The Morgan fingerprint density at radius 2 is 2.00 bits per heavy atom. The molecule has 0 amide bonds. The zero-order chi connectivity index (χ0) is 13.9. The van der Waals surface area contributed by atoms with Crippen molar-refractivity contribution in [1.29, 1.82) is 0 Å². The van der Waals surface area contributed by atoms with Gasteiger partial charge in [-0.25, -0.2) is 0 Å². The van der Waals surface area contributed by atoms with Crippen molar-refractivity contribution in [3.63, 3.8) is 0 Å². The summed E-state index contributed by atoms with van der Waals surface area (Å²) in [5, 5.41) is 2.85. The highest BCUT2D eigenvalue weighted by atomic mass is 79.9. The molecule has 0 radical (unpaired) electrons. The summed E-state index contributed by atoms with van der Waals surface area (Å²) >= 11 is 7.54. The Kier molecular flexibility index (Phi) is 5.45. The lowest BCUT2D eigenvalue weighted by molar-refractivity contribution is 0.510. The van der Waals surface area contributed by atoms with Crippen molar-refractivity contribution in [2.24, 2.45) is 12.0 Å². The Morgan fingerprint density at radius 3 is 2.67 bits per heavy atom. The van der Waals surface area contributed by atoms with Crippen LogP contribution in [0.25, 0.3) is 11.3 Å². The molecule has 0 fully saturated rings. The first-order chi connectivity index (χ1) is 9.74. The molecule has 2 heterocycles. The van der Waals surface area contributed by atoms with Crippen LogP contribution in [0.5, 0.6) is 0 Å². The van der Waals surface area contributed by atoms with Crippen LogP contribution in [0.1, 0.15) is 5.76 Å². The molecular weight excluding hydrogens is 372 g/mol. The average Bonchev–Trinajstić information content (AvgIpc) is 3.08. The molecule has 0 aliphatic carbocycles. The molecule has 2 aromatic heterocycles. The summed E-state index contributed by atoms with van der Waals surface area (Å²) in [5.74, 6) is 0.867. The van der Waals surface area contributed by atoms with Crippen LogP contribution >= 0.6 is 39.9 Å². The van der Waals surface area contributed by atoms with E-state index in [1.807, 2.05) is 43.4 Å². The van der Waals surface area contributed by atoms with E-state index in [-0.39, 0.29) is 17.0 Å². The first-order valence-corrected chi connectivity index (χ1v) is 7.43. The monoisotopic (exact) mass is 384 g/mol. The van der Waals surface area contributed by atoms with Crippen LogP contribution in [-0.2, 0) is 13.6 Å². The van der Waals surface area contributed by atoms with Crippen LogP contribution in [0.2, 0.25) is 5.02 Å². The summed E-state index contributed by atoms with van der Waals surface area (Å²) < 4.78 is 7.37. The van der Waals surface area contributed by atoms with E-state index in [1.165, 1.54) is 0 Å². The molecule has 0 saturated heterocycles. The Hall–Kier alpha value is -1.30. The van der Waals surface area contributed by atoms with Crippen LogP contribution in [0.15, 0.2) is 57.5 Å². The van der Waals surface area contributed by atoms with Crippen LogP contribution in [-0.4, -0.2) is 4.57 Å². The highest BCUT2D eigenvalue weighted by Crippen LogP contribution is 2.21. The lowest BCUT2D eigenvalue weighted by Gasteiger charge is -2.02. The summed E-state index contributed by atoms with van der Waals surface area (Å²) in [6, 6.07) is 11.6.